The number of hydrogen-bond acceptors (Lipinski definition) is 4. The lowest BCUT2D eigenvalue weighted by Gasteiger charge is -2.27. The van der Waals surface area contributed by atoms with Crippen molar-refractivity contribution in [1.29, 1.82) is 0 Å². The third-order valence-corrected chi connectivity index (χ3v) is 3.98. The fourth-order valence-corrected chi connectivity index (χ4v) is 3.01. The first kappa shape index (κ1) is 17.9. The summed E-state index contributed by atoms with van der Waals surface area (Å²) in [4.78, 5) is 1.97. The topological polar surface area (TPSA) is 53.3 Å². The number of para-hydroxylation sites is 1. The molecule has 2 rings (SSSR count). The Morgan fingerprint density at radius 3 is 2.57 bits per heavy atom. The predicted molar refractivity (Wildman–Crippen MR) is 94.2 cm³/mol. The second-order valence-corrected chi connectivity index (χ2v) is 6.80. The molecule has 1 heterocycles. The molecule has 126 valence electrons. The Balaban J connectivity index is 2.06. The Hall–Kier alpha value is -1.40. The molecule has 5 nitrogen and oxygen atoms in total. The van der Waals surface area contributed by atoms with Gasteiger partial charge in [0, 0.05) is 25.2 Å². The number of aromatic nitrogens is 2. The van der Waals surface area contributed by atoms with Gasteiger partial charge in [-0.05, 0) is 40.1 Å². The summed E-state index contributed by atoms with van der Waals surface area (Å²) in [6.07, 6.45) is 0. The van der Waals surface area contributed by atoms with Crippen molar-refractivity contribution >= 4 is 11.6 Å². The van der Waals surface area contributed by atoms with Gasteiger partial charge in [0.05, 0.1) is 17.0 Å². The van der Waals surface area contributed by atoms with E-state index in [1.165, 1.54) is 0 Å². The molecule has 2 N–H and O–H groups in total. The van der Waals surface area contributed by atoms with Gasteiger partial charge in [0.15, 0.2) is 0 Å². The van der Waals surface area contributed by atoms with Crippen molar-refractivity contribution in [3.63, 3.8) is 0 Å². The third kappa shape index (κ3) is 4.78. The van der Waals surface area contributed by atoms with E-state index in [0.29, 0.717) is 24.8 Å². The highest BCUT2D eigenvalue weighted by molar-refractivity contribution is 6.30. The molecule has 0 fully saturated rings. The van der Waals surface area contributed by atoms with E-state index < -0.39 is 5.60 Å². The molecule has 0 saturated carbocycles. The minimum Gasteiger partial charge on any atom is -0.388 e. The number of halogens is 1. The second kappa shape index (κ2) is 7.45. The van der Waals surface area contributed by atoms with Gasteiger partial charge in [-0.15, -0.1) is 0 Å². The Morgan fingerprint density at radius 2 is 1.96 bits per heavy atom. The Labute approximate surface area is 142 Å². The Bertz CT molecular complexity index is 638. The molecule has 0 aliphatic carbocycles. The number of aliphatic hydroxyl groups is 1. The average molecular weight is 337 g/mol. The first-order valence-electron chi connectivity index (χ1n) is 7.67. The first-order chi connectivity index (χ1) is 10.8. The van der Waals surface area contributed by atoms with E-state index in [1.54, 1.807) is 4.68 Å². The SMILES string of the molecule is Cc1nn(-c2ccccc2)c(Cl)c1CNCC(C)(O)CN(C)C. The van der Waals surface area contributed by atoms with E-state index in [9.17, 15) is 5.11 Å². The smallest absolute Gasteiger partial charge is 0.137 e. The van der Waals surface area contributed by atoms with Gasteiger partial charge in [0.2, 0.25) is 0 Å². The summed E-state index contributed by atoms with van der Waals surface area (Å²) < 4.78 is 1.74. The zero-order chi connectivity index (χ0) is 17.0. The molecule has 0 amide bonds. The maximum absolute atomic E-state index is 10.3. The van der Waals surface area contributed by atoms with Crippen LogP contribution in [-0.4, -0.2) is 52.6 Å². The number of rotatable bonds is 7. The van der Waals surface area contributed by atoms with Crippen LogP contribution in [-0.2, 0) is 6.54 Å². The molecule has 23 heavy (non-hydrogen) atoms. The quantitative estimate of drug-likeness (QED) is 0.814. The normalized spacial score (nSPS) is 14.2. The summed E-state index contributed by atoms with van der Waals surface area (Å²) in [7, 11) is 3.89. The van der Waals surface area contributed by atoms with Gasteiger partial charge in [-0.25, -0.2) is 4.68 Å². The predicted octanol–water partition coefficient (Wildman–Crippen LogP) is 2.24. The number of nitrogens with one attached hydrogen (secondary N) is 1. The van der Waals surface area contributed by atoms with Crippen LogP contribution in [0.25, 0.3) is 5.69 Å². The third-order valence-electron chi connectivity index (χ3n) is 3.59. The maximum atomic E-state index is 10.3. The Kier molecular flexibility index (Phi) is 5.81. The number of likely N-dealkylation sites (N-methyl/N-ethyl adjacent to an activating group) is 1. The number of benzene rings is 1. The van der Waals surface area contributed by atoms with E-state index in [-0.39, 0.29) is 0 Å². The summed E-state index contributed by atoms with van der Waals surface area (Å²) in [6, 6.07) is 9.82. The van der Waals surface area contributed by atoms with Gasteiger partial charge < -0.3 is 15.3 Å². The van der Waals surface area contributed by atoms with Crippen molar-refractivity contribution in [3.05, 3.63) is 46.7 Å². The molecule has 1 aromatic heterocycles. The molecular formula is C17H25ClN4O. The number of hydrogen-bond donors (Lipinski definition) is 2. The van der Waals surface area contributed by atoms with Crippen LogP contribution < -0.4 is 5.32 Å². The van der Waals surface area contributed by atoms with Crippen molar-refractivity contribution in [2.75, 3.05) is 27.2 Å². The zero-order valence-electron chi connectivity index (χ0n) is 14.2. The highest BCUT2D eigenvalue weighted by Crippen LogP contribution is 2.23. The first-order valence-corrected chi connectivity index (χ1v) is 8.05. The highest BCUT2D eigenvalue weighted by atomic mass is 35.5. The van der Waals surface area contributed by atoms with Crippen molar-refractivity contribution < 1.29 is 5.11 Å². The minimum absolute atomic E-state index is 0.484. The summed E-state index contributed by atoms with van der Waals surface area (Å²) in [5.41, 5.74) is 1.99. The van der Waals surface area contributed by atoms with Crippen LogP contribution in [0.2, 0.25) is 5.15 Å². The minimum atomic E-state index is -0.792. The molecule has 0 aliphatic rings. The van der Waals surface area contributed by atoms with Gasteiger partial charge in [-0.1, -0.05) is 29.8 Å². The molecule has 0 bridgehead atoms. The van der Waals surface area contributed by atoms with Crippen LogP contribution >= 0.6 is 11.6 Å². The largest absolute Gasteiger partial charge is 0.388 e. The summed E-state index contributed by atoms with van der Waals surface area (Å²) >= 11 is 6.49. The van der Waals surface area contributed by atoms with Crippen molar-refractivity contribution in [2.45, 2.75) is 26.0 Å². The lowest BCUT2D eigenvalue weighted by molar-refractivity contribution is 0.0336. The molecule has 0 radical (unpaired) electrons. The van der Waals surface area contributed by atoms with Crippen LogP contribution in [0, 0.1) is 6.92 Å². The molecule has 1 aromatic carbocycles. The molecule has 6 heteroatoms. The van der Waals surface area contributed by atoms with E-state index >= 15 is 0 Å². The van der Waals surface area contributed by atoms with Crippen LogP contribution in [0.3, 0.4) is 0 Å². The van der Waals surface area contributed by atoms with Gasteiger partial charge in [0.25, 0.3) is 0 Å². The van der Waals surface area contributed by atoms with Crippen molar-refractivity contribution in [1.82, 2.24) is 20.0 Å². The van der Waals surface area contributed by atoms with Crippen LogP contribution in [0.15, 0.2) is 30.3 Å². The summed E-state index contributed by atoms with van der Waals surface area (Å²) in [6.45, 7) is 5.41. The fourth-order valence-electron chi connectivity index (χ4n) is 2.67. The molecule has 2 aromatic rings. The molecular weight excluding hydrogens is 312 g/mol. The summed E-state index contributed by atoms with van der Waals surface area (Å²) in [5, 5.41) is 18.7. The Morgan fingerprint density at radius 1 is 1.30 bits per heavy atom. The maximum Gasteiger partial charge on any atom is 0.137 e. The standard InChI is InChI=1S/C17H25ClN4O/c1-13-15(10-19-11-17(2,23)12-21(3)4)16(18)22(20-13)14-8-6-5-7-9-14/h5-9,19,23H,10-12H2,1-4H3. The van der Waals surface area contributed by atoms with Crippen LogP contribution in [0.4, 0.5) is 0 Å². The number of aryl methyl sites for hydroxylation is 1. The average Bonchev–Trinajstić information content (AvgIpc) is 2.74. The van der Waals surface area contributed by atoms with Crippen molar-refractivity contribution in [2.24, 2.45) is 0 Å². The van der Waals surface area contributed by atoms with Crippen molar-refractivity contribution in [3.8, 4) is 5.69 Å². The van der Waals surface area contributed by atoms with Gasteiger partial charge in [0.1, 0.15) is 5.15 Å². The van der Waals surface area contributed by atoms with Gasteiger partial charge in [-0.2, -0.15) is 5.10 Å². The van der Waals surface area contributed by atoms with Crippen LogP contribution in [0.1, 0.15) is 18.2 Å². The van der Waals surface area contributed by atoms with Gasteiger partial charge in [-0.3, -0.25) is 0 Å². The fraction of sp³-hybridized carbons (Fsp3) is 0.471. The lowest BCUT2D eigenvalue weighted by atomic mass is 10.1. The van der Waals surface area contributed by atoms with E-state index in [2.05, 4.69) is 10.4 Å². The highest BCUT2D eigenvalue weighted by Gasteiger charge is 2.21. The lowest BCUT2D eigenvalue weighted by Crippen LogP contribution is -2.45. The summed E-state index contributed by atoms with van der Waals surface area (Å²) in [5.74, 6) is 0. The molecule has 0 saturated heterocycles. The van der Waals surface area contributed by atoms with E-state index in [1.807, 2.05) is 63.2 Å². The van der Waals surface area contributed by atoms with E-state index in [0.717, 1.165) is 16.9 Å². The van der Waals surface area contributed by atoms with Gasteiger partial charge >= 0.3 is 0 Å². The number of nitrogens with zero attached hydrogens (tertiary/aromatic N) is 3. The molecule has 0 aliphatic heterocycles. The molecule has 1 unspecified atom stereocenters. The zero-order valence-corrected chi connectivity index (χ0v) is 14.9. The monoisotopic (exact) mass is 336 g/mol. The van der Waals surface area contributed by atoms with Crippen LogP contribution in [0.5, 0.6) is 0 Å². The molecule has 0 spiro atoms. The molecule has 1 atom stereocenters. The second-order valence-electron chi connectivity index (χ2n) is 6.44. The van der Waals surface area contributed by atoms with E-state index in [4.69, 9.17) is 11.6 Å².